The van der Waals surface area contributed by atoms with Crippen molar-refractivity contribution in [3.8, 4) is 0 Å². The van der Waals surface area contributed by atoms with Crippen LogP contribution in [0.5, 0.6) is 0 Å². The minimum absolute atomic E-state index is 0.0319. The molecule has 0 atom stereocenters. The van der Waals surface area contributed by atoms with Gasteiger partial charge in [-0.3, -0.25) is 14.4 Å². The van der Waals surface area contributed by atoms with Crippen LogP contribution >= 0.6 is 0 Å². The van der Waals surface area contributed by atoms with Gasteiger partial charge in [0.2, 0.25) is 5.91 Å². The summed E-state index contributed by atoms with van der Waals surface area (Å²) < 4.78 is 0. The van der Waals surface area contributed by atoms with E-state index in [2.05, 4.69) is 5.32 Å². The van der Waals surface area contributed by atoms with Crippen LogP contribution in [0.3, 0.4) is 0 Å². The number of carbonyl (C=O) groups is 2. The molecule has 1 fully saturated rings. The average molecular weight is 246 g/mol. The number of nitrogens with zero attached hydrogens (tertiary/aromatic N) is 1. The normalized spacial score (nSPS) is 18.4. The fraction of sp³-hybridized carbons (Fsp3) is 0.385. The van der Waals surface area contributed by atoms with Crippen LogP contribution in [-0.4, -0.2) is 30.0 Å². The molecule has 2 heterocycles. The van der Waals surface area contributed by atoms with E-state index in [1.807, 2.05) is 6.07 Å². The SMILES string of the molecule is O=C1CCc2cc(C(=O)N3CCCO3)ccc2N1. The maximum absolute atomic E-state index is 12.1. The van der Waals surface area contributed by atoms with E-state index in [-0.39, 0.29) is 11.8 Å². The number of carbonyl (C=O) groups excluding carboxylic acids is 2. The van der Waals surface area contributed by atoms with Crippen LogP contribution in [0.15, 0.2) is 18.2 Å². The topological polar surface area (TPSA) is 58.6 Å². The molecule has 0 radical (unpaired) electrons. The molecule has 0 unspecified atom stereocenters. The van der Waals surface area contributed by atoms with E-state index in [4.69, 9.17) is 4.84 Å². The minimum atomic E-state index is -0.104. The van der Waals surface area contributed by atoms with E-state index in [9.17, 15) is 9.59 Å². The van der Waals surface area contributed by atoms with Gasteiger partial charge in [-0.2, -0.15) is 0 Å². The molecule has 1 aromatic carbocycles. The van der Waals surface area contributed by atoms with Gasteiger partial charge in [0.15, 0.2) is 0 Å². The van der Waals surface area contributed by atoms with Gasteiger partial charge in [-0.25, -0.2) is 5.06 Å². The van der Waals surface area contributed by atoms with E-state index >= 15 is 0 Å². The first-order valence-electron chi connectivity index (χ1n) is 6.11. The molecule has 5 nitrogen and oxygen atoms in total. The third-order valence-electron chi connectivity index (χ3n) is 3.23. The Labute approximate surface area is 105 Å². The van der Waals surface area contributed by atoms with Gasteiger partial charge in [-0.05, 0) is 36.6 Å². The monoisotopic (exact) mass is 246 g/mol. The van der Waals surface area contributed by atoms with Crippen molar-refractivity contribution in [3.63, 3.8) is 0 Å². The number of amides is 2. The highest BCUT2D eigenvalue weighted by molar-refractivity contribution is 5.97. The molecule has 2 aliphatic rings. The summed E-state index contributed by atoms with van der Waals surface area (Å²) in [6.07, 6.45) is 2.04. The van der Waals surface area contributed by atoms with Gasteiger partial charge in [-0.15, -0.1) is 0 Å². The summed E-state index contributed by atoms with van der Waals surface area (Å²) in [6.45, 7) is 1.25. The Kier molecular flexibility index (Phi) is 2.76. The molecule has 1 N–H and O–H groups in total. The van der Waals surface area contributed by atoms with Crippen LogP contribution in [0.25, 0.3) is 0 Å². The highest BCUT2D eigenvalue weighted by atomic mass is 16.7. The zero-order chi connectivity index (χ0) is 12.5. The smallest absolute Gasteiger partial charge is 0.277 e. The van der Waals surface area contributed by atoms with Crippen molar-refractivity contribution >= 4 is 17.5 Å². The van der Waals surface area contributed by atoms with Gasteiger partial charge in [0.25, 0.3) is 5.91 Å². The van der Waals surface area contributed by atoms with Gasteiger partial charge in [0.05, 0.1) is 13.2 Å². The molecule has 2 amide bonds. The first-order chi connectivity index (χ1) is 8.74. The first-order valence-corrected chi connectivity index (χ1v) is 6.11. The number of hydrogen-bond acceptors (Lipinski definition) is 3. The van der Waals surface area contributed by atoms with Crippen molar-refractivity contribution in [1.29, 1.82) is 0 Å². The molecule has 0 aromatic heterocycles. The predicted octanol–water partition coefficient (Wildman–Crippen LogP) is 1.35. The molecular formula is C13H14N2O3. The average Bonchev–Trinajstić information content (AvgIpc) is 2.91. The van der Waals surface area contributed by atoms with Crippen LogP contribution in [0.2, 0.25) is 0 Å². The third-order valence-corrected chi connectivity index (χ3v) is 3.23. The number of hydroxylamine groups is 2. The molecule has 0 bridgehead atoms. The van der Waals surface area contributed by atoms with Crippen molar-refractivity contribution < 1.29 is 14.4 Å². The van der Waals surface area contributed by atoms with Gasteiger partial charge >= 0.3 is 0 Å². The van der Waals surface area contributed by atoms with Crippen LogP contribution in [0.4, 0.5) is 5.69 Å². The molecule has 94 valence electrons. The number of anilines is 1. The Morgan fingerprint density at radius 2 is 2.22 bits per heavy atom. The lowest BCUT2D eigenvalue weighted by atomic mass is 10.00. The summed E-state index contributed by atoms with van der Waals surface area (Å²) in [4.78, 5) is 28.6. The molecule has 5 heteroatoms. The summed E-state index contributed by atoms with van der Waals surface area (Å²) >= 11 is 0. The zero-order valence-corrected chi connectivity index (χ0v) is 9.94. The molecule has 0 saturated carbocycles. The number of aryl methyl sites for hydroxylation is 1. The highest BCUT2D eigenvalue weighted by Gasteiger charge is 2.22. The third kappa shape index (κ3) is 1.97. The van der Waals surface area contributed by atoms with E-state index in [0.29, 0.717) is 31.6 Å². The molecule has 1 aromatic rings. The highest BCUT2D eigenvalue weighted by Crippen LogP contribution is 2.24. The Bertz CT molecular complexity index is 507. The molecule has 0 spiro atoms. The van der Waals surface area contributed by atoms with E-state index in [0.717, 1.165) is 17.7 Å². The second-order valence-corrected chi connectivity index (χ2v) is 4.51. The molecular weight excluding hydrogens is 232 g/mol. The van der Waals surface area contributed by atoms with Crippen molar-refractivity contribution in [1.82, 2.24) is 5.06 Å². The van der Waals surface area contributed by atoms with E-state index in [1.54, 1.807) is 12.1 Å². The van der Waals surface area contributed by atoms with E-state index in [1.165, 1.54) is 5.06 Å². The van der Waals surface area contributed by atoms with Crippen molar-refractivity contribution in [2.45, 2.75) is 19.3 Å². The Morgan fingerprint density at radius 1 is 1.33 bits per heavy atom. The zero-order valence-electron chi connectivity index (χ0n) is 9.94. The summed E-state index contributed by atoms with van der Waals surface area (Å²) in [5.74, 6) is -0.0725. The van der Waals surface area contributed by atoms with Gasteiger partial charge in [0.1, 0.15) is 0 Å². The molecule has 0 aliphatic carbocycles. The number of nitrogens with one attached hydrogen (secondary N) is 1. The van der Waals surface area contributed by atoms with Gasteiger partial charge < -0.3 is 5.32 Å². The molecule has 18 heavy (non-hydrogen) atoms. The summed E-state index contributed by atoms with van der Waals surface area (Å²) in [6, 6.07) is 5.36. The fourth-order valence-corrected chi connectivity index (χ4v) is 2.27. The lowest BCUT2D eigenvalue weighted by Crippen LogP contribution is -2.27. The summed E-state index contributed by atoms with van der Waals surface area (Å²) in [7, 11) is 0. The molecule has 3 rings (SSSR count). The quantitative estimate of drug-likeness (QED) is 0.813. The van der Waals surface area contributed by atoms with Crippen molar-refractivity contribution in [2.24, 2.45) is 0 Å². The number of rotatable bonds is 1. The molecule has 1 saturated heterocycles. The van der Waals surface area contributed by atoms with Gasteiger partial charge in [-0.1, -0.05) is 0 Å². The standard InChI is InChI=1S/C13H14N2O3/c16-12-5-3-9-8-10(2-4-11(9)14-12)13(17)15-6-1-7-18-15/h2,4,8H,1,3,5-7H2,(H,14,16). The largest absolute Gasteiger partial charge is 0.326 e. The van der Waals surface area contributed by atoms with Gasteiger partial charge in [0, 0.05) is 17.7 Å². The maximum atomic E-state index is 12.1. The second-order valence-electron chi connectivity index (χ2n) is 4.51. The molecule has 2 aliphatic heterocycles. The van der Waals surface area contributed by atoms with Crippen LogP contribution < -0.4 is 5.32 Å². The summed E-state index contributed by atoms with van der Waals surface area (Å²) in [5, 5.41) is 4.21. The van der Waals surface area contributed by atoms with Crippen LogP contribution in [-0.2, 0) is 16.1 Å². The Morgan fingerprint density at radius 3 is 3.00 bits per heavy atom. The minimum Gasteiger partial charge on any atom is -0.326 e. The Balaban J connectivity index is 1.85. The number of benzene rings is 1. The predicted molar refractivity (Wildman–Crippen MR) is 65.0 cm³/mol. The summed E-state index contributed by atoms with van der Waals surface area (Å²) in [5.41, 5.74) is 2.44. The van der Waals surface area contributed by atoms with Crippen molar-refractivity contribution in [2.75, 3.05) is 18.5 Å². The second kappa shape index (κ2) is 4.42. The maximum Gasteiger partial charge on any atom is 0.277 e. The van der Waals surface area contributed by atoms with Crippen LogP contribution in [0, 0.1) is 0 Å². The van der Waals surface area contributed by atoms with E-state index < -0.39 is 0 Å². The fourth-order valence-electron chi connectivity index (χ4n) is 2.27. The lowest BCUT2D eigenvalue weighted by molar-refractivity contribution is -0.116. The van der Waals surface area contributed by atoms with Crippen LogP contribution in [0.1, 0.15) is 28.8 Å². The van der Waals surface area contributed by atoms with Crippen molar-refractivity contribution in [3.05, 3.63) is 29.3 Å². The Hall–Kier alpha value is -1.88. The first kappa shape index (κ1) is 11.2. The lowest BCUT2D eigenvalue weighted by Gasteiger charge is -2.19. The number of hydrogen-bond donors (Lipinski definition) is 1. The number of fused-ring (bicyclic) bond motifs is 1.